The Hall–Kier alpha value is -2.04. The zero-order valence-corrected chi connectivity index (χ0v) is 13.6. The predicted octanol–water partition coefficient (Wildman–Crippen LogP) is 2.10. The van der Waals surface area contributed by atoms with Crippen LogP contribution in [0.3, 0.4) is 0 Å². The second-order valence-electron chi connectivity index (χ2n) is 6.43. The zero-order valence-electron chi connectivity index (χ0n) is 13.6. The predicted molar refractivity (Wildman–Crippen MR) is 86.9 cm³/mol. The lowest BCUT2D eigenvalue weighted by Gasteiger charge is -2.30. The van der Waals surface area contributed by atoms with Gasteiger partial charge in [0.15, 0.2) is 0 Å². The van der Waals surface area contributed by atoms with Crippen molar-refractivity contribution >= 4 is 11.8 Å². The van der Waals surface area contributed by atoms with E-state index in [1.54, 1.807) is 7.11 Å². The highest BCUT2D eigenvalue weighted by Crippen LogP contribution is 2.48. The molecule has 0 bridgehead atoms. The quantitative estimate of drug-likeness (QED) is 0.846. The highest BCUT2D eigenvalue weighted by atomic mass is 16.5. The third-order valence-electron chi connectivity index (χ3n) is 4.87. The lowest BCUT2D eigenvalue weighted by atomic mass is 10.0. The first-order valence-corrected chi connectivity index (χ1v) is 8.37. The van der Waals surface area contributed by atoms with Crippen LogP contribution >= 0.6 is 0 Å². The van der Waals surface area contributed by atoms with E-state index < -0.39 is 5.41 Å². The molecule has 1 aromatic rings. The van der Waals surface area contributed by atoms with Gasteiger partial charge in [0.1, 0.15) is 11.2 Å². The van der Waals surface area contributed by atoms with Crippen LogP contribution in [0, 0.1) is 5.41 Å². The summed E-state index contributed by atoms with van der Waals surface area (Å²) in [6.45, 7) is 1.97. The molecule has 1 saturated carbocycles. The first kappa shape index (κ1) is 15.8. The summed E-state index contributed by atoms with van der Waals surface area (Å²) in [6, 6.07) is 7.60. The van der Waals surface area contributed by atoms with Crippen molar-refractivity contribution in [1.29, 1.82) is 0 Å². The summed E-state index contributed by atoms with van der Waals surface area (Å²) >= 11 is 0. The fraction of sp³-hybridized carbons (Fsp3) is 0.556. The van der Waals surface area contributed by atoms with E-state index in [0.29, 0.717) is 19.4 Å². The summed E-state index contributed by atoms with van der Waals surface area (Å²) in [7, 11) is 1.61. The van der Waals surface area contributed by atoms with Crippen molar-refractivity contribution in [1.82, 2.24) is 10.2 Å². The molecular formula is C18H24N2O3. The number of nitrogens with one attached hydrogen (secondary N) is 1. The van der Waals surface area contributed by atoms with Crippen LogP contribution in [0.5, 0.6) is 5.75 Å². The Morgan fingerprint density at radius 2 is 1.87 bits per heavy atom. The molecule has 1 aliphatic heterocycles. The van der Waals surface area contributed by atoms with Gasteiger partial charge in [0, 0.05) is 25.2 Å². The minimum atomic E-state index is -0.806. The Kier molecular flexibility index (Phi) is 4.55. The molecule has 2 amide bonds. The standard InChI is InChI=1S/C18H24N2O3/c1-23-15-8-4-3-7-14(15)13-19-16(21)18(9-10-18)17(22)20-11-5-2-6-12-20/h3-4,7-8H,2,5-6,9-13H2,1H3,(H,19,21). The molecule has 2 fully saturated rings. The number of carbonyl (C=O) groups is 2. The molecule has 23 heavy (non-hydrogen) atoms. The van der Waals surface area contributed by atoms with E-state index in [-0.39, 0.29) is 11.8 Å². The fourth-order valence-electron chi connectivity index (χ4n) is 3.26. The van der Waals surface area contributed by atoms with Crippen LogP contribution in [0.2, 0.25) is 0 Å². The number of benzene rings is 1. The van der Waals surface area contributed by atoms with Gasteiger partial charge in [-0.15, -0.1) is 0 Å². The molecule has 1 aromatic carbocycles. The van der Waals surface area contributed by atoms with Gasteiger partial charge in [-0.05, 0) is 38.2 Å². The number of hydrogen-bond donors (Lipinski definition) is 1. The smallest absolute Gasteiger partial charge is 0.238 e. The van der Waals surface area contributed by atoms with Crippen LogP contribution in [0.15, 0.2) is 24.3 Å². The Morgan fingerprint density at radius 3 is 2.52 bits per heavy atom. The molecule has 1 N–H and O–H groups in total. The van der Waals surface area contributed by atoms with Crippen molar-refractivity contribution < 1.29 is 14.3 Å². The highest BCUT2D eigenvalue weighted by Gasteiger charge is 2.57. The Balaban J connectivity index is 1.62. The number of ether oxygens (including phenoxy) is 1. The van der Waals surface area contributed by atoms with Crippen LogP contribution < -0.4 is 10.1 Å². The number of piperidine rings is 1. The number of para-hydroxylation sites is 1. The molecule has 0 unspecified atom stereocenters. The van der Waals surface area contributed by atoms with Gasteiger partial charge in [-0.2, -0.15) is 0 Å². The average molecular weight is 316 g/mol. The summed E-state index contributed by atoms with van der Waals surface area (Å²) < 4.78 is 5.30. The van der Waals surface area contributed by atoms with Gasteiger partial charge in [0.05, 0.1) is 7.11 Å². The number of carbonyl (C=O) groups excluding carboxylic acids is 2. The third kappa shape index (κ3) is 3.19. The lowest BCUT2D eigenvalue weighted by molar-refractivity contribution is -0.145. The molecule has 1 saturated heterocycles. The molecule has 1 heterocycles. The summed E-state index contributed by atoms with van der Waals surface area (Å²) in [4.78, 5) is 27.2. The maximum Gasteiger partial charge on any atom is 0.238 e. The van der Waals surface area contributed by atoms with Crippen LogP contribution in [0.25, 0.3) is 0 Å². The van der Waals surface area contributed by atoms with Crippen molar-refractivity contribution in [2.45, 2.75) is 38.6 Å². The number of hydrogen-bond acceptors (Lipinski definition) is 3. The number of methoxy groups -OCH3 is 1. The molecule has 0 atom stereocenters. The molecule has 5 heteroatoms. The van der Waals surface area contributed by atoms with Crippen LogP contribution in [0.1, 0.15) is 37.7 Å². The van der Waals surface area contributed by atoms with E-state index in [0.717, 1.165) is 37.2 Å². The topological polar surface area (TPSA) is 58.6 Å². The fourth-order valence-corrected chi connectivity index (χ4v) is 3.26. The van der Waals surface area contributed by atoms with Crippen molar-refractivity contribution in [3.05, 3.63) is 29.8 Å². The summed E-state index contributed by atoms with van der Waals surface area (Å²) in [6.07, 6.45) is 4.60. The number of nitrogens with zero attached hydrogens (tertiary/aromatic N) is 1. The van der Waals surface area contributed by atoms with Crippen LogP contribution in [-0.2, 0) is 16.1 Å². The first-order chi connectivity index (χ1) is 11.2. The molecule has 1 aliphatic carbocycles. The molecule has 5 nitrogen and oxygen atoms in total. The van der Waals surface area contributed by atoms with Crippen LogP contribution in [-0.4, -0.2) is 36.9 Å². The Morgan fingerprint density at radius 1 is 1.17 bits per heavy atom. The third-order valence-corrected chi connectivity index (χ3v) is 4.87. The normalized spacial score (nSPS) is 19.1. The second-order valence-corrected chi connectivity index (χ2v) is 6.43. The SMILES string of the molecule is COc1ccccc1CNC(=O)C1(C(=O)N2CCCCC2)CC1. The highest BCUT2D eigenvalue weighted by molar-refractivity contribution is 6.07. The number of amides is 2. The monoisotopic (exact) mass is 316 g/mol. The summed E-state index contributed by atoms with van der Waals surface area (Å²) in [5.74, 6) is 0.633. The summed E-state index contributed by atoms with van der Waals surface area (Å²) in [5.41, 5.74) is 0.115. The molecule has 0 aromatic heterocycles. The van der Waals surface area contributed by atoms with Gasteiger partial charge in [-0.1, -0.05) is 18.2 Å². The molecule has 0 radical (unpaired) electrons. The number of rotatable bonds is 5. The Bertz CT molecular complexity index is 590. The minimum absolute atomic E-state index is 0.0229. The average Bonchev–Trinajstić information content (AvgIpc) is 3.42. The molecule has 3 rings (SSSR count). The molecule has 124 valence electrons. The zero-order chi connectivity index (χ0) is 16.3. The van der Waals surface area contributed by atoms with Crippen molar-refractivity contribution in [3.8, 4) is 5.75 Å². The van der Waals surface area contributed by atoms with E-state index >= 15 is 0 Å². The summed E-state index contributed by atoms with van der Waals surface area (Å²) in [5, 5.41) is 2.93. The molecule has 0 spiro atoms. The van der Waals surface area contributed by atoms with E-state index in [1.807, 2.05) is 29.2 Å². The molecule has 2 aliphatic rings. The maximum absolute atomic E-state index is 12.7. The van der Waals surface area contributed by atoms with Crippen molar-refractivity contribution in [2.75, 3.05) is 20.2 Å². The van der Waals surface area contributed by atoms with E-state index in [9.17, 15) is 9.59 Å². The number of likely N-dealkylation sites (tertiary alicyclic amines) is 1. The van der Waals surface area contributed by atoms with E-state index in [4.69, 9.17) is 4.74 Å². The van der Waals surface area contributed by atoms with Gasteiger partial charge in [-0.25, -0.2) is 0 Å². The van der Waals surface area contributed by atoms with Gasteiger partial charge >= 0.3 is 0 Å². The van der Waals surface area contributed by atoms with Crippen molar-refractivity contribution in [3.63, 3.8) is 0 Å². The van der Waals surface area contributed by atoms with Gasteiger partial charge < -0.3 is 15.0 Å². The van der Waals surface area contributed by atoms with E-state index in [1.165, 1.54) is 6.42 Å². The lowest BCUT2D eigenvalue weighted by Crippen LogP contribution is -2.46. The largest absolute Gasteiger partial charge is 0.496 e. The van der Waals surface area contributed by atoms with Gasteiger partial charge in [0.25, 0.3) is 0 Å². The van der Waals surface area contributed by atoms with Crippen LogP contribution in [0.4, 0.5) is 0 Å². The van der Waals surface area contributed by atoms with Gasteiger partial charge in [0.2, 0.25) is 11.8 Å². The first-order valence-electron chi connectivity index (χ1n) is 8.37. The minimum Gasteiger partial charge on any atom is -0.496 e. The van der Waals surface area contributed by atoms with Gasteiger partial charge in [-0.3, -0.25) is 9.59 Å². The second kappa shape index (κ2) is 6.60. The van der Waals surface area contributed by atoms with Crippen molar-refractivity contribution in [2.24, 2.45) is 5.41 Å². The maximum atomic E-state index is 12.7. The Labute approximate surface area is 137 Å². The van der Waals surface area contributed by atoms with E-state index in [2.05, 4.69) is 5.32 Å². The molecular weight excluding hydrogens is 292 g/mol.